The number of rotatable bonds is 22. The molecule has 16 nitrogen and oxygen atoms in total. The highest BCUT2D eigenvalue weighted by molar-refractivity contribution is 7.89. The number of ether oxygens (including phenoxy) is 4. The second kappa shape index (κ2) is 20.6. The number of nitrogens with one attached hydrogen (secondary N) is 2. The van der Waals surface area contributed by atoms with Crippen molar-refractivity contribution in [2.24, 2.45) is 11.8 Å². The number of benzene rings is 3. The molecule has 2 heterocycles. The van der Waals surface area contributed by atoms with Gasteiger partial charge in [-0.3, -0.25) is 4.52 Å². The van der Waals surface area contributed by atoms with Gasteiger partial charge in [-0.25, -0.2) is 22.6 Å². The molecule has 0 bridgehead atoms. The van der Waals surface area contributed by atoms with Crippen molar-refractivity contribution in [3.63, 3.8) is 0 Å². The van der Waals surface area contributed by atoms with E-state index in [9.17, 15) is 27.7 Å². The van der Waals surface area contributed by atoms with Crippen LogP contribution in [0.1, 0.15) is 31.4 Å². The number of hydrogen-bond acceptors (Lipinski definition) is 13. The zero-order valence-corrected chi connectivity index (χ0v) is 33.9. The number of carbonyl (C=O) groups excluding carboxylic acids is 1. The van der Waals surface area contributed by atoms with E-state index in [-0.39, 0.29) is 55.6 Å². The molecule has 18 heteroatoms. The van der Waals surface area contributed by atoms with Crippen molar-refractivity contribution in [1.82, 2.24) is 14.9 Å². The molecule has 57 heavy (non-hydrogen) atoms. The third-order valence-electron chi connectivity index (χ3n) is 9.41. The zero-order valence-electron chi connectivity index (χ0n) is 32.2. The van der Waals surface area contributed by atoms with Crippen molar-refractivity contribution < 1.29 is 60.8 Å². The van der Waals surface area contributed by atoms with E-state index in [1.54, 1.807) is 42.5 Å². The predicted molar refractivity (Wildman–Crippen MR) is 209 cm³/mol. The molecule has 2 saturated heterocycles. The van der Waals surface area contributed by atoms with E-state index < -0.39 is 60.8 Å². The molecule has 0 saturated carbocycles. The highest BCUT2D eigenvalue weighted by Crippen LogP contribution is 2.47. The summed E-state index contributed by atoms with van der Waals surface area (Å²) in [6.07, 6.45) is -2.33. The van der Waals surface area contributed by atoms with Crippen LogP contribution in [-0.4, -0.2) is 112 Å². The lowest BCUT2D eigenvalue weighted by molar-refractivity contribution is -0.139. The van der Waals surface area contributed by atoms with Crippen LogP contribution in [0.5, 0.6) is 11.5 Å². The summed E-state index contributed by atoms with van der Waals surface area (Å²) in [7, 11) is -6.36. The van der Waals surface area contributed by atoms with E-state index >= 15 is 0 Å². The largest absolute Gasteiger partial charge is 0.497 e. The highest BCUT2D eigenvalue weighted by atomic mass is 32.2. The van der Waals surface area contributed by atoms with E-state index in [4.69, 9.17) is 33.1 Å². The van der Waals surface area contributed by atoms with Crippen LogP contribution in [0.3, 0.4) is 0 Å². The summed E-state index contributed by atoms with van der Waals surface area (Å²) in [4.78, 5) is 24.5. The molecule has 0 aliphatic carbocycles. The molecular weight excluding hydrogens is 781 g/mol. The van der Waals surface area contributed by atoms with Crippen molar-refractivity contribution in [3.8, 4) is 11.5 Å². The summed E-state index contributed by atoms with van der Waals surface area (Å²) < 4.78 is 75.1. The lowest BCUT2D eigenvalue weighted by Gasteiger charge is -2.31. The van der Waals surface area contributed by atoms with E-state index in [0.717, 1.165) is 11.1 Å². The quantitative estimate of drug-likeness (QED) is 0.0824. The average molecular weight is 834 g/mol. The van der Waals surface area contributed by atoms with Gasteiger partial charge in [-0.1, -0.05) is 56.3 Å². The summed E-state index contributed by atoms with van der Waals surface area (Å²) in [5.74, 6) is -0.652. The molecule has 0 radical (unpaired) electrons. The Hall–Kier alpha value is -4.06. The first kappa shape index (κ1) is 44.1. The molecule has 3 aromatic carbocycles. The number of para-hydroxylation sites is 1. The summed E-state index contributed by atoms with van der Waals surface area (Å²) in [6, 6.07) is 20.8. The number of hydrogen-bond donors (Lipinski definition) is 4. The van der Waals surface area contributed by atoms with E-state index in [0.29, 0.717) is 31.1 Å². The number of alkyl carbamates (subject to hydrolysis) is 1. The van der Waals surface area contributed by atoms with Gasteiger partial charge in [0.15, 0.2) is 12.9 Å². The van der Waals surface area contributed by atoms with Crippen LogP contribution in [-0.2, 0) is 51.1 Å². The van der Waals surface area contributed by atoms with Crippen molar-refractivity contribution in [2.75, 3.05) is 52.7 Å². The average Bonchev–Trinajstić information content (AvgIpc) is 3.81. The Labute approximate surface area is 333 Å². The number of carbonyl (C=O) groups is 2. The van der Waals surface area contributed by atoms with Gasteiger partial charge >= 0.3 is 19.7 Å². The van der Waals surface area contributed by atoms with Crippen LogP contribution >= 0.6 is 7.60 Å². The Bertz CT molecular complexity index is 1900. The molecule has 2 aliphatic heterocycles. The first-order valence-corrected chi connectivity index (χ1v) is 21.9. The molecule has 312 valence electrons. The van der Waals surface area contributed by atoms with Crippen molar-refractivity contribution in [1.29, 1.82) is 0 Å². The smallest absolute Gasteiger partial charge is 0.407 e. The van der Waals surface area contributed by atoms with Gasteiger partial charge in [0, 0.05) is 26.2 Å². The molecule has 5 rings (SSSR count). The third-order valence-corrected chi connectivity index (χ3v) is 13.0. The zero-order chi connectivity index (χ0) is 41.0. The summed E-state index contributed by atoms with van der Waals surface area (Å²) in [5.41, 5.74) is 1.60. The minimum Gasteiger partial charge on any atom is -0.497 e. The van der Waals surface area contributed by atoms with Crippen molar-refractivity contribution in [3.05, 3.63) is 90.0 Å². The first-order chi connectivity index (χ1) is 27.2. The second-order valence-corrected chi connectivity index (χ2v) is 18.3. The fraction of sp³-hybridized carbons (Fsp3) is 0.487. The van der Waals surface area contributed by atoms with Crippen LogP contribution in [0.25, 0.3) is 0 Å². The molecule has 6 atom stereocenters. The van der Waals surface area contributed by atoms with Crippen molar-refractivity contribution in [2.45, 2.75) is 62.7 Å². The Kier molecular flexibility index (Phi) is 15.9. The standard InChI is InChI=1S/C39H52N3O13PS/c1-27(2)23-42(57(48,49)32-15-13-30(50-3)14-16-32)24-35(43)34(41-39(46)54-36-25-52-38-33(36)17-19-51-38)21-28-9-11-29(12-10-28)22-40-18-20-56(47,53-26-37(44)45)55-31-7-5-4-6-8-31/h4-16,27,33-36,38,40,43H,17-26H2,1-3H3,(H,41,46)(H,44,45)/t33-,34-,35+,36-,38+,56?/m0/s1. The van der Waals surface area contributed by atoms with Gasteiger partial charge in [-0.2, -0.15) is 4.31 Å². The number of nitrogens with zero attached hydrogens (tertiary/aromatic N) is 1. The maximum Gasteiger partial charge on any atom is 0.407 e. The number of carboxylic acid groups (broad SMARTS) is 1. The van der Waals surface area contributed by atoms with E-state index in [1.165, 1.54) is 23.5 Å². The Balaban J connectivity index is 1.25. The van der Waals surface area contributed by atoms with Crippen LogP contribution in [0, 0.1) is 11.8 Å². The monoisotopic (exact) mass is 833 g/mol. The molecule has 1 unspecified atom stereocenters. The number of methoxy groups -OCH3 is 1. The molecule has 0 aromatic heterocycles. The molecule has 0 spiro atoms. The minimum atomic E-state index is -4.05. The van der Waals surface area contributed by atoms with Gasteiger partial charge in [0.2, 0.25) is 10.0 Å². The van der Waals surface area contributed by atoms with Gasteiger partial charge in [0.05, 0.1) is 49.4 Å². The number of amides is 1. The summed E-state index contributed by atoms with van der Waals surface area (Å²) in [6.45, 7) is 4.03. The fourth-order valence-corrected chi connectivity index (χ4v) is 9.57. The number of fused-ring (bicyclic) bond motifs is 1. The Morgan fingerprint density at radius 3 is 2.33 bits per heavy atom. The SMILES string of the molecule is COc1ccc(S(=O)(=O)N(CC(C)C)C[C@@H](O)[C@H](Cc2ccc(CNCCP(=O)(OCC(=O)O)Oc3ccccc3)cc2)NC(=O)O[C@H]2CO[C@H]3OCC[C@H]32)cc1. The Morgan fingerprint density at radius 1 is 0.965 bits per heavy atom. The minimum absolute atomic E-state index is 0.0400. The van der Waals surface area contributed by atoms with Crippen LogP contribution in [0.15, 0.2) is 83.8 Å². The lowest BCUT2D eigenvalue weighted by Crippen LogP contribution is -2.51. The normalized spacial score (nSPS) is 20.1. The lowest BCUT2D eigenvalue weighted by atomic mass is 10.00. The predicted octanol–water partition coefficient (Wildman–Crippen LogP) is 4.26. The fourth-order valence-electron chi connectivity index (χ4n) is 6.49. The molecule has 2 fully saturated rings. The van der Waals surface area contributed by atoms with E-state index in [2.05, 4.69) is 10.6 Å². The van der Waals surface area contributed by atoms with Gasteiger partial charge < -0.3 is 44.3 Å². The van der Waals surface area contributed by atoms with E-state index in [1.807, 2.05) is 38.1 Å². The number of aliphatic hydroxyl groups excluding tert-OH is 1. The molecule has 2 aliphatic rings. The Morgan fingerprint density at radius 2 is 1.67 bits per heavy atom. The first-order valence-electron chi connectivity index (χ1n) is 18.8. The van der Waals surface area contributed by atoms with Gasteiger partial charge in [-0.05, 0) is 66.3 Å². The third kappa shape index (κ3) is 13.0. The van der Waals surface area contributed by atoms with Gasteiger partial charge in [0.25, 0.3) is 0 Å². The highest BCUT2D eigenvalue weighted by Gasteiger charge is 2.44. The molecule has 3 aromatic rings. The topological polar surface area (TPSA) is 208 Å². The van der Waals surface area contributed by atoms with Crippen molar-refractivity contribution >= 4 is 29.7 Å². The maximum atomic E-state index is 13.9. The number of aliphatic hydroxyl groups is 1. The molecule has 1 amide bonds. The van der Waals surface area contributed by atoms with Crippen LogP contribution in [0.2, 0.25) is 0 Å². The summed E-state index contributed by atoms with van der Waals surface area (Å²) >= 11 is 0. The number of aliphatic carboxylic acids is 1. The number of sulfonamides is 1. The second-order valence-electron chi connectivity index (χ2n) is 14.3. The number of carboxylic acids is 1. The summed E-state index contributed by atoms with van der Waals surface area (Å²) in [5, 5.41) is 26.7. The van der Waals surface area contributed by atoms with Gasteiger partial charge in [-0.15, -0.1) is 0 Å². The maximum absolute atomic E-state index is 13.9. The van der Waals surface area contributed by atoms with Crippen LogP contribution < -0.4 is 19.9 Å². The molecule has 4 N–H and O–H groups in total. The molecular formula is C39H52N3O13PS. The van der Waals surface area contributed by atoms with Gasteiger partial charge in [0.1, 0.15) is 17.6 Å². The van der Waals surface area contributed by atoms with Crippen LogP contribution in [0.4, 0.5) is 4.79 Å².